The fourth-order valence-corrected chi connectivity index (χ4v) is 3.65. The van der Waals surface area contributed by atoms with E-state index in [0.717, 1.165) is 38.8 Å². The zero-order valence-corrected chi connectivity index (χ0v) is 17.6. The van der Waals surface area contributed by atoms with Crippen molar-refractivity contribution in [2.45, 2.75) is 38.6 Å². The van der Waals surface area contributed by atoms with Gasteiger partial charge in [0.2, 0.25) is 0 Å². The first-order valence-corrected chi connectivity index (χ1v) is 10.5. The van der Waals surface area contributed by atoms with Crippen LogP contribution in [0.1, 0.15) is 42.1 Å². The number of nitrogens with zero attached hydrogens (tertiary/aromatic N) is 2. The summed E-state index contributed by atoms with van der Waals surface area (Å²) in [4.78, 5) is 37.3. The van der Waals surface area contributed by atoms with Crippen LogP contribution in [0.5, 0.6) is 0 Å². The Morgan fingerprint density at radius 1 is 1.16 bits per heavy atom. The van der Waals surface area contributed by atoms with E-state index in [-0.39, 0.29) is 17.3 Å². The maximum Gasteiger partial charge on any atom is 0.338 e. The first kappa shape index (κ1) is 22.3. The molecule has 0 bridgehead atoms. The molecule has 0 spiro atoms. The Bertz CT molecular complexity index is 926. The van der Waals surface area contributed by atoms with E-state index in [0.29, 0.717) is 5.69 Å². The van der Waals surface area contributed by atoms with Crippen LogP contribution in [0.25, 0.3) is 0 Å². The Morgan fingerprint density at radius 3 is 2.55 bits per heavy atom. The fraction of sp³-hybridized carbons (Fsp3) is 0.391. The van der Waals surface area contributed by atoms with Crippen molar-refractivity contribution in [2.24, 2.45) is 0 Å². The fourth-order valence-electron chi connectivity index (χ4n) is 3.65. The van der Waals surface area contributed by atoms with Crippen molar-refractivity contribution >= 4 is 23.3 Å². The van der Waals surface area contributed by atoms with Gasteiger partial charge in [0, 0.05) is 25.2 Å². The number of ether oxygens (including phenoxy) is 1. The van der Waals surface area contributed by atoms with Gasteiger partial charge in [-0.2, -0.15) is 0 Å². The van der Waals surface area contributed by atoms with Gasteiger partial charge in [0.05, 0.1) is 10.5 Å². The number of nitrogens with one attached hydrogen (secondary N) is 1. The number of hydrogen-bond acceptors (Lipinski definition) is 6. The molecule has 0 aromatic heterocycles. The third-order valence-corrected chi connectivity index (χ3v) is 5.31. The lowest BCUT2D eigenvalue weighted by atomic mass is 10.1. The smallest absolute Gasteiger partial charge is 0.338 e. The van der Waals surface area contributed by atoms with Crippen LogP contribution in [0.3, 0.4) is 0 Å². The SMILES string of the molecule is C[C@@H](CCc1ccccc1)NC(=O)COC(=O)c1ccc(N2CCCC2)c([N+](=O)[O-])c1. The highest BCUT2D eigenvalue weighted by Gasteiger charge is 2.24. The highest BCUT2D eigenvalue weighted by atomic mass is 16.6. The van der Waals surface area contributed by atoms with E-state index in [9.17, 15) is 19.7 Å². The maximum absolute atomic E-state index is 12.3. The van der Waals surface area contributed by atoms with E-state index in [2.05, 4.69) is 5.32 Å². The summed E-state index contributed by atoms with van der Waals surface area (Å²) in [6, 6.07) is 14.2. The van der Waals surface area contributed by atoms with Crippen molar-refractivity contribution in [3.05, 3.63) is 69.8 Å². The van der Waals surface area contributed by atoms with E-state index in [1.165, 1.54) is 17.7 Å². The summed E-state index contributed by atoms with van der Waals surface area (Å²) in [5, 5.41) is 14.3. The molecule has 1 fully saturated rings. The number of nitro groups is 1. The molecule has 1 aliphatic heterocycles. The molecule has 164 valence electrons. The van der Waals surface area contributed by atoms with Gasteiger partial charge in [-0.3, -0.25) is 14.9 Å². The highest BCUT2D eigenvalue weighted by molar-refractivity contribution is 5.93. The summed E-state index contributed by atoms with van der Waals surface area (Å²) in [5.41, 5.74) is 1.62. The number of carbonyl (C=O) groups excluding carboxylic acids is 2. The summed E-state index contributed by atoms with van der Waals surface area (Å²) in [5.74, 6) is -1.17. The second-order valence-electron chi connectivity index (χ2n) is 7.72. The Hall–Kier alpha value is -3.42. The number of nitro benzene ring substituents is 1. The molecule has 8 nitrogen and oxygen atoms in total. The van der Waals surface area contributed by atoms with Gasteiger partial charge in [-0.15, -0.1) is 0 Å². The van der Waals surface area contributed by atoms with Crippen LogP contribution in [-0.4, -0.2) is 42.5 Å². The topological polar surface area (TPSA) is 102 Å². The third-order valence-electron chi connectivity index (χ3n) is 5.31. The van der Waals surface area contributed by atoms with Gasteiger partial charge in [-0.25, -0.2) is 4.79 Å². The molecule has 0 radical (unpaired) electrons. The third kappa shape index (κ3) is 6.28. The van der Waals surface area contributed by atoms with E-state index in [1.54, 1.807) is 6.07 Å². The van der Waals surface area contributed by atoms with E-state index in [4.69, 9.17) is 4.74 Å². The van der Waals surface area contributed by atoms with Gasteiger partial charge in [-0.05, 0) is 50.3 Å². The zero-order chi connectivity index (χ0) is 22.2. The molecule has 3 rings (SSSR count). The van der Waals surface area contributed by atoms with Crippen molar-refractivity contribution in [3.8, 4) is 0 Å². The van der Waals surface area contributed by atoms with E-state index < -0.39 is 23.4 Å². The monoisotopic (exact) mass is 425 g/mol. The number of hydrogen-bond donors (Lipinski definition) is 1. The molecule has 0 saturated carbocycles. The minimum absolute atomic E-state index is 0.0552. The lowest BCUT2D eigenvalue weighted by Gasteiger charge is -2.17. The number of benzene rings is 2. The molecular weight excluding hydrogens is 398 g/mol. The molecule has 0 aliphatic carbocycles. The summed E-state index contributed by atoms with van der Waals surface area (Å²) in [6.45, 7) is 2.97. The van der Waals surface area contributed by atoms with Crippen molar-refractivity contribution in [1.29, 1.82) is 0 Å². The van der Waals surface area contributed by atoms with Crippen LogP contribution >= 0.6 is 0 Å². The van der Waals surface area contributed by atoms with Crippen molar-refractivity contribution in [1.82, 2.24) is 5.32 Å². The predicted molar refractivity (Wildman–Crippen MR) is 117 cm³/mol. The molecule has 31 heavy (non-hydrogen) atoms. The van der Waals surface area contributed by atoms with Gasteiger partial charge in [-0.1, -0.05) is 30.3 Å². The van der Waals surface area contributed by atoms with Crippen molar-refractivity contribution in [2.75, 3.05) is 24.6 Å². The molecule has 1 saturated heterocycles. The Morgan fingerprint density at radius 2 is 1.87 bits per heavy atom. The quantitative estimate of drug-likeness (QED) is 0.375. The lowest BCUT2D eigenvalue weighted by Crippen LogP contribution is -2.36. The average molecular weight is 425 g/mol. The van der Waals surface area contributed by atoms with Crippen molar-refractivity contribution in [3.63, 3.8) is 0 Å². The van der Waals surface area contributed by atoms with Crippen molar-refractivity contribution < 1.29 is 19.2 Å². The zero-order valence-electron chi connectivity index (χ0n) is 17.6. The molecular formula is C23H27N3O5. The molecule has 1 N–H and O–H groups in total. The summed E-state index contributed by atoms with van der Waals surface area (Å²) < 4.78 is 5.07. The average Bonchev–Trinajstić information content (AvgIpc) is 3.31. The van der Waals surface area contributed by atoms with Crippen LogP contribution in [0.15, 0.2) is 48.5 Å². The summed E-state index contributed by atoms with van der Waals surface area (Å²) in [6.07, 6.45) is 3.56. The number of carbonyl (C=O) groups is 2. The van der Waals surface area contributed by atoms with Crippen LogP contribution in [-0.2, 0) is 16.0 Å². The minimum atomic E-state index is -0.761. The number of esters is 1. The molecule has 1 amide bonds. The highest BCUT2D eigenvalue weighted by Crippen LogP contribution is 2.31. The molecule has 1 aliphatic rings. The molecule has 2 aromatic rings. The Labute approximate surface area is 181 Å². The second kappa shape index (κ2) is 10.6. The Kier molecular flexibility index (Phi) is 7.59. The van der Waals surface area contributed by atoms with Crippen LogP contribution in [0.2, 0.25) is 0 Å². The van der Waals surface area contributed by atoms with Crippen LogP contribution < -0.4 is 10.2 Å². The van der Waals surface area contributed by atoms with E-state index >= 15 is 0 Å². The predicted octanol–water partition coefficient (Wildman–Crippen LogP) is 3.49. The van der Waals surface area contributed by atoms with Gasteiger partial charge in [0.1, 0.15) is 5.69 Å². The molecule has 1 atom stereocenters. The summed E-state index contributed by atoms with van der Waals surface area (Å²) >= 11 is 0. The second-order valence-corrected chi connectivity index (χ2v) is 7.72. The molecule has 8 heteroatoms. The first-order chi connectivity index (χ1) is 14.9. The first-order valence-electron chi connectivity index (χ1n) is 10.5. The largest absolute Gasteiger partial charge is 0.452 e. The normalized spacial score (nSPS) is 14.2. The number of anilines is 1. The standard InChI is InChI=1S/C23H27N3O5/c1-17(9-10-18-7-3-2-4-8-18)24-22(27)16-31-23(28)19-11-12-20(21(15-19)26(29)30)25-13-5-6-14-25/h2-4,7-8,11-12,15,17H,5-6,9-10,13-14,16H2,1H3,(H,24,27)/t17-/m0/s1. The van der Waals surface area contributed by atoms with Gasteiger partial charge in [0.15, 0.2) is 6.61 Å². The number of amides is 1. The minimum Gasteiger partial charge on any atom is -0.452 e. The van der Waals surface area contributed by atoms with Gasteiger partial charge < -0.3 is 15.0 Å². The van der Waals surface area contributed by atoms with Crippen LogP contribution in [0.4, 0.5) is 11.4 Å². The molecule has 0 unspecified atom stereocenters. The molecule has 1 heterocycles. The Balaban J connectivity index is 1.50. The molecule has 2 aromatic carbocycles. The van der Waals surface area contributed by atoms with Gasteiger partial charge in [0.25, 0.3) is 11.6 Å². The van der Waals surface area contributed by atoms with Crippen LogP contribution in [0, 0.1) is 10.1 Å². The number of aryl methyl sites for hydroxylation is 1. The van der Waals surface area contributed by atoms with Gasteiger partial charge >= 0.3 is 5.97 Å². The lowest BCUT2D eigenvalue weighted by molar-refractivity contribution is -0.384. The maximum atomic E-state index is 12.3. The number of rotatable bonds is 9. The van der Waals surface area contributed by atoms with E-state index in [1.807, 2.05) is 42.2 Å². The summed E-state index contributed by atoms with van der Waals surface area (Å²) in [7, 11) is 0.